The van der Waals surface area contributed by atoms with Gasteiger partial charge in [0, 0.05) is 42.1 Å². The van der Waals surface area contributed by atoms with Gasteiger partial charge in [-0.25, -0.2) is 0 Å². The number of hydrogen-bond donors (Lipinski definition) is 2. The van der Waals surface area contributed by atoms with Gasteiger partial charge in [0.2, 0.25) is 0 Å². The summed E-state index contributed by atoms with van der Waals surface area (Å²) in [6.07, 6.45) is -2.46. The van der Waals surface area contributed by atoms with Crippen LogP contribution in [0.25, 0.3) is 0 Å². The molecule has 1 aliphatic heterocycles. The van der Waals surface area contributed by atoms with E-state index in [2.05, 4.69) is 17.0 Å². The van der Waals surface area contributed by atoms with E-state index in [1.165, 1.54) is 6.20 Å². The van der Waals surface area contributed by atoms with Crippen LogP contribution in [0.5, 0.6) is 11.5 Å². The number of aliphatic hydroxyl groups is 1. The first-order valence-corrected chi connectivity index (χ1v) is 11.3. The van der Waals surface area contributed by atoms with Gasteiger partial charge in [-0.3, -0.25) is 9.48 Å². The number of alkyl halides is 3. The summed E-state index contributed by atoms with van der Waals surface area (Å²) in [6.45, 7) is 4.28. The minimum absolute atomic E-state index is 0.0945. The molecule has 2 heterocycles. The summed E-state index contributed by atoms with van der Waals surface area (Å²) in [7, 11) is 0. The first-order valence-electron chi connectivity index (χ1n) is 10.9. The van der Waals surface area contributed by atoms with Crippen molar-refractivity contribution in [2.45, 2.75) is 63.1 Å². The van der Waals surface area contributed by atoms with E-state index < -0.39 is 30.7 Å². The molecule has 1 fully saturated rings. The number of carbonyl (C=O) groups is 1. The molecule has 1 aromatic heterocycles. The number of ether oxygens (including phenoxy) is 2. The molecule has 1 amide bonds. The molecule has 0 radical (unpaired) electrons. The van der Waals surface area contributed by atoms with Crippen LogP contribution in [0.15, 0.2) is 42.9 Å². The Balaban J connectivity index is 1.19. The Kier molecular flexibility index (Phi) is 7.09. The van der Waals surface area contributed by atoms with Crippen molar-refractivity contribution in [1.82, 2.24) is 15.1 Å². The van der Waals surface area contributed by atoms with Crippen molar-refractivity contribution in [2.75, 3.05) is 0 Å². The fourth-order valence-electron chi connectivity index (χ4n) is 4.13. The molecule has 2 N–H and O–H groups in total. The van der Waals surface area contributed by atoms with Crippen LogP contribution in [0.1, 0.15) is 43.8 Å². The highest BCUT2D eigenvalue weighted by atomic mass is 35.5. The van der Waals surface area contributed by atoms with Crippen molar-refractivity contribution in [3.05, 3.63) is 53.5 Å². The lowest BCUT2D eigenvalue weighted by atomic mass is 9.80. The number of hydrogen-bond acceptors (Lipinski definition) is 5. The molecule has 1 saturated carbocycles. The van der Waals surface area contributed by atoms with Crippen molar-refractivity contribution in [3.8, 4) is 11.5 Å². The number of aliphatic hydroxyl groups excluding tert-OH is 1. The van der Waals surface area contributed by atoms with Gasteiger partial charge in [0.1, 0.15) is 5.75 Å². The molecule has 1 aromatic carbocycles. The highest BCUT2D eigenvalue weighted by Gasteiger charge is 2.40. The average molecular weight is 500 g/mol. The molecule has 7 nitrogen and oxygen atoms in total. The Bertz CT molecular complexity index is 1050. The van der Waals surface area contributed by atoms with Crippen molar-refractivity contribution in [3.63, 3.8) is 0 Å². The summed E-state index contributed by atoms with van der Waals surface area (Å²) >= 11 is 5.95. The second-order valence-corrected chi connectivity index (χ2v) is 9.16. The lowest BCUT2D eigenvalue weighted by Crippen LogP contribution is -2.41. The number of amides is 1. The smallest absolute Gasteiger partial charge is 0.389 e. The monoisotopic (exact) mass is 499 g/mol. The Labute approximate surface area is 199 Å². The topological polar surface area (TPSA) is 85.6 Å². The van der Waals surface area contributed by atoms with Gasteiger partial charge in [0.05, 0.1) is 24.6 Å². The molecular weight excluding hydrogens is 475 g/mol. The van der Waals surface area contributed by atoms with E-state index in [0.717, 1.165) is 0 Å². The largest absolute Gasteiger partial charge is 0.487 e. The summed E-state index contributed by atoms with van der Waals surface area (Å²) in [4.78, 5) is 12.6. The Morgan fingerprint density at radius 2 is 2.12 bits per heavy atom. The van der Waals surface area contributed by atoms with Crippen LogP contribution >= 0.6 is 11.6 Å². The maximum Gasteiger partial charge on any atom is 0.389 e. The van der Waals surface area contributed by atoms with E-state index in [0.29, 0.717) is 53.6 Å². The molecule has 11 heteroatoms. The van der Waals surface area contributed by atoms with Crippen LogP contribution in [0, 0.1) is 5.92 Å². The number of halogens is 4. The molecule has 0 bridgehead atoms. The van der Waals surface area contributed by atoms with E-state index >= 15 is 0 Å². The number of allylic oxidation sites excluding steroid dienone is 1. The number of aryl methyl sites for hydroxylation is 1. The molecule has 0 saturated heterocycles. The molecule has 2 aromatic rings. The lowest BCUT2D eigenvalue weighted by Gasteiger charge is -2.35. The van der Waals surface area contributed by atoms with Gasteiger partial charge < -0.3 is 19.9 Å². The minimum atomic E-state index is -4.14. The van der Waals surface area contributed by atoms with Crippen LogP contribution in [-0.2, 0) is 11.3 Å². The summed E-state index contributed by atoms with van der Waals surface area (Å²) < 4.78 is 50.2. The Morgan fingerprint density at radius 3 is 2.85 bits per heavy atom. The van der Waals surface area contributed by atoms with E-state index in [9.17, 15) is 23.1 Å². The molecule has 0 spiro atoms. The summed E-state index contributed by atoms with van der Waals surface area (Å²) in [5.74, 6) is 0.114. The van der Waals surface area contributed by atoms with Gasteiger partial charge in [-0.15, -0.1) is 0 Å². The van der Waals surface area contributed by atoms with Gasteiger partial charge in [0.25, 0.3) is 5.91 Å². The van der Waals surface area contributed by atoms with Crippen LogP contribution in [0.2, 0.25) is 5.02 Å². The van der Waals surface area contributed by atoms with Crippen molar-refractivity contribution in [2.24, 2.45) is 5.92 Å². The minimum Gasteiger partial charge on any atom is -0.487 e. The van der Waals surface area contributed by atoms with Gasteiger partial charge in [0.15, 0.2) is 11.9 Å². The Morgan fingerprint density at radius 1 is 1.35 bits per heavy atom. The van der Waals surface area contributed by atoms with E-state index in [1.807, 2.05) is 0 Å². The van der Waals surface area contributed by atoms with Crippen molar-refractivity contribution < 1.29 is 32.5 Å². The first-order chi connectivity index (χ1) is 16.1. The third-order valence-corrected chi connectivity index (χ3v) is 6.13. The predicted octanol–water partition coefficient (Wildman–Crippen LogP) is 4.55. The third-order valence-electron chi connectivity index (χ3n) is 5.90. The molecule has 2 aliphatic rings. The summed E-state index contributed by atoms with van der Waals surface area (Å²) in [6, 6.07) is 4.86. The second-order valence-electron chi connectivity index (χ2n) is 8.72. The number of aromatic nitrogens is 2. The Hall–Kier alpha value is -2.72. The molecular formula is C23H25ClF3N3O4. The standard InChI is InChI=1S/C23H25ClF3N3O4/c1-13(29-22(32)21-9-19(31)18-8-15(24)2-3-20(18)34-21)4-5-30-12-17(11-28-30)33-16-6-14(7-16)10-23(25,26)27/h2-3,8,11-12,14,16,19,21,31H,1,4-7,9-10H2,(H,29,32)/t14-,16+,19-,21+/m1/s1. The van der Waals surface area contributed by atoms with Crippen LogP contribution < -0.4 is 14.8 Å². The molecule has 184 valence electrons. The zero-order valence-electron chi connectivity index (χ0n) is 18.2. The van der Waals surface area contributed by atoms with Crippen molar-refractivity contribution in [1.29, 1.82) is 0 Å². The maximum absolute atomic E-state index is 12.6. The van der Waals surface area contributed by atoms with Gasteiger partial charge in [-0.2, -0.15) is 18.3 Å². The SMILES string of the molecule is C=C(CCn1cc(O[C@H]2C[C@@H](CC(F)(F)F)C2)cn1)NC(=O)[C@@H]1C[C@@H](O)c2cc(Cl)ccc2O1. The molecule has 2 atom stereocenters. The zero-order chi connectivity index (χ0) is 24.5. The van der Waals surface area contributed by atoms with E-state index in [1.54, 1.807) is 29.1 Å². The van der Waals surface area contributed by atoms with Gasteiger partial charge >= 0.3 is 6.18 Å². The van der Waals surface area contributed by atoms with Crippen molar-refractivity contribution >= 4 is 17.5 Å². The molecule has 1 aliphatic carbocycles. The first kappa shape index (κ1) is 24.4. The lowest BCUT2D eigenvalue weighted by molar-refractivity contribution is -0.156. The molecule has 34 heavy (non-hydrogen) atoms. The third kappa shape index (κ3) is 6.24. The van der Waals surface area contributed by atoms with E-state index in [-0.39, 0.29) is 18.4 Å². The zero-order valence-corrected chi connectivity index (χ0v) is 19.0. The predicted molar refractivity (Wildman–Crippen MR) is 117 cm³/mol. The quantitative estimate of drug-likeness (QED) is 0.556. The molecule has 0 unspecified atom stereocenters. The van der Waals surface area contributed by atoms with Crippen LogP contribution in [0.4, 0.5) is 13.2 Å². The normalized spacial score (nSPS) is 23.9. The highest BCUT2D eigenvalue weighted by molar-refractivity contribution is 6.30. The number of benzene rings is 1. The number of carbonyl (C=O) groups excluding carboxylic acids is 1. The average Bonchev–Trinajstić information content (AvgIpc) is 3.17. The van der Waals surface area contributed by atoms with E-state index in [4.69, 9.17) is 21.1 Å². The summed E-state index contributed by atoms with van der Waals surface area (Å²) in [5.41, 5.74) is 1.00. The van der Waals surface area contributed by atoms with Crippen LogP contribution in [0.3, 0.4) is 0 Å². The van der Waals surface area contributed by atoms with Crippen LogP contribution in [-0.4, -0.2) is 39.2 Å². The second kappa shape index (κ2) is 9.87. The maximum atomic E-state index is 12.6. The van der Waals surface area contributed by atoms with Gasteiger partial charge in [-0.05, 0) is 37.0 Å². The highest BCUT2D eigenvalue weighted by Crippen LogP contribution is 2.39. The fraction of sp³-hybridized carbons (Fsp3) is 0.478. The number of rotatable bonds is 8. The van der Waals surface area contributed by atoms with Gasteiger partial charge in [-0.1, -0.05) is 18.2 Å². The summed E-state index contributed by atoms with van der Waals surface area (Å²) in [5, 5.41) is 17.7. The number of nitrogens with one attached hydrogen (secondary N) is 1. The molecule has 4 rings (SSSR count). The number of nitrogens with zero attached hydrogens (tertiary/aromatic N) is 2. The number of fused-ring (bicyclic) bond motifs is 1. The fourth-order valence-corrected chi connectivity index (χ4v) is 4.31.